The maximum atomic E-state index is 4.59. The van der Waals surface area contributed by atoms with E-state index in [0.29, 0.717) is 6.04 Å². The third-order valence-corrected chi connectivity index (χ3v) is 3.71. The van der Waals surface area contributed by atoms with Crippen LogP contribution >= 0.6 is 0 Å². The molecule has 0 radical (unpaired) electrons. The number of para-hydroxylation sites is 1. The van der Waals surface area contributed by atoms with Gasteiger partial charge in [-0.05, 0) is 37.6 Å². The molecule has 1 aliphatic rings. The van der Waals surface area contributed by atoms with Gasteiger partial charge in [-0.15, -0.1) is 0 Å². The Morgan fingerprint density at radius 2 is 2.00 bits per heavy atom. The summed E-state index contributed by atoms with van der Waals surface area (Å²) in [7, 11) is 2.08. The molecule has 3 nitrogen and oxygen atoms in total. The van der Waals surface area contributed by atoms with Gasteiger partial charge in [-0.1, -0.05) is 24.3 Å². The molecule has 0 aliphatic carbocycles. The number of pyridine rings is 1. The summed E-state index contributed by atoms with van der Waals surface area (Å²) in [5.41, 5.74) is 2.46. The summed E-state index contributed by atoms with van der Waals surface area (Å²) in [6.07, 6.45) is 4.31. The van der Waals surface area contributed by atoms with E-state index in [2.05, 4.69) is 52.6 Å². The molecule has 3 heteroatoms. The molecule has 0 saturated carbocycles. The normalized spacial score (nSPS) is 18.5. The van der Waals surface area contributed by atoms with Crippen LogP contribution in [0.25, 0.3) is 0 Å². The molecule has 0 amide bonds. The molecule has 2 heterocycles. The van der Waals surface area contributed by atoms with Crippen molar-refractivity contribution in [2.75, 3.05) is 18.5 Å². The van der Waals surface area contributed by atoms with Gasteiger partial charge in [0.05, 0.1) is 0 Å². The van der Waals surface area contributed by atoms with Gasteiger partial charge >= 0.3 is 0 Å². The number of aromatic nitrogens is 1. The fraction of sp³-hybridized carbons (Fsp3) is 0.312. The highest BCUT2D eigenvalue weighted by Crippen LogP contribution is 2.32. The van der Waals surface area contributed by atoms with E-state index in [9.17, 15) is 0 Å². The molecule has 0 unspecified atom stereocenters. The number of hydrogen-bond donors (Lipinski definition) is 1. The SMILES string of the molecule is CN(c1ccccc1)c1ncccc1[C@H]1CCCN1. The Kier molecular flexibility index (Phi) is 3.47. The lowest BCUT2D eigenvalue weighted by molar-refractivity contribution is 0.645. The quantitative estimate of drug-likeness (QED) is 0.910. The summed E-state index contributed by atoms with van der Waals surface area (Å²) in [5.74, 6) is 1.05. The zero-order chi connectivity index (χ0) is 13.1. The van der Waals surface area contributed by atoms with Gasteiger partial charge in [-0.2, -0.15) is 0 Å². The van der Waals surface area contributed by atoms with Crippen molar-refractivity contribution < 1.29 is 0 Å². The molecule has 0 bridgehead atoms. The fourth-order valence-electron chi connectivity index (χ4n) is 2.69. The van der Waals surface area contributed by atoms with Gasteiger partial charge in [0.15, 0.2) is 0 Å². The third kappa shape index (κ3) is 2.47. The van der Waals surface area contributed by atoms with E-state index in [1.165, 1.54) is 24.1 Å². The van der Waals surface area contributed by atoms with Gasteiger partial charge < -0.3 is 10.2 Å². The van der Waals surface area contributed by atoms with Crippen LogP contribution in [0.5, 0.6) is 0 Å². The van der Waals surface area contributed by atoms with E-state index in [-0.39, 0.29) is 0 Å². The van der Waals surface area contributed by atoms with Gasteiger partial charge in [-0.25, -0.2) is 4.98 Å². The van der Waals surface area contributed by atoms with E-state index in [4.69, 9.17) is 0 Å². The lowest BCUT2D eigenvalue weighted by atomic mass is 10.1. The monoisotopic (exact) mass is 253 g/mol. The molecule has 98 valence electrons. The zero-order valence-corrected chi connectivity index (χ0v) is 11.2. The maximum absolute atomic E-state index is 4.59. The second-order valence-electron chi connectivity index (χ2n) is 4.96. The predicted molar refractivity (Wildman–Crippen MR) is 78.7 cm³/mol. The Morgan fingerprint density at radius 3 is 2.74 bits per heavy atom. The summed E-state index contributed by atoms with van der Waals surface area (Å²) in [6, 6.07) is 15.0. The Labute approximate surface area is 114 Å². The maximum Gasteiger partial charge on any atom is 0.137 e. The molecule has 1 aromatic carbocycles. The molecule has 0 spiro atoms. The minimum absolute atomic E-state index is 0.440. The van der Waals surface area contributed by atoms with Crippen LogP contribution in [0.15, 0.2) is 48.7 Å². The predicted octanol–water partition coefficient (Wildman–Crippen LogP) is 3.27. The van der Waals surface area contributed by atoms with Crippen LogP contribution in [0.4, 0.5) is 11.5 Å². The molecule has 3 rings (SSSR count). The highest BCUT2D eigenvalue weighted by Gasteiger charge is 2.21. The average molecular weight is 253 g/mol. The first-order valence-corrected chi connectivity index (χ1v) is 6.83. The topological polar surface area (TPSA) is 28.2 Å². The summed E-state index contributed by atoms with van der Waals surface area (Å²) >= 11 is 0. The largest absolute Gasteiger partial charge is 0.329 e. The second-order valence-corrected chi connectivity index (χ2v) is 4.96. The van der Waals surface area contributed by atoms with Crippen LogP contribution < -0.4 is 10.2 Å². The lowest BCUT2D eigenvalue weighted by Crippen LogP contribution is -2.19. The molecule has 1 fully saturated rings. The molecule has 1 aromatic heterocycles. The summed E-state index contributed by atoms with van der Waals surface area (Å²) in [6.45, 7) is 1.11. The van der Waals surface area contributed by atoms with Crippen LogP contribution in [0.2, 0.25) is 0 Å². The van der Waals surface area contributed by atoms with Crippen molar-refractivity contribution in [2.45, 2.75) is 18.9 Å². The van der Waals surface area contributed by atoms with Crippen molar-refractivity contribution in [2.24, 2.45) is 0 Å². The number of rotatable bonds is 3. The van der Waals surface area contributed by atoms with Gasteiger partial charge in [0, 0.05) is 30.5 Å². The molecule has 1 N–H and O–H groups in total. The molecule has 1 atom stereocenters. The van der Waals surface area contributed by atoms with E-state index in [1.54, 1.807) is 0 Å². The van der Waals surface area contributed by atoms with Crippen molar-refractivity contribution in [3.63, 3.8) is 0 Å². The third-order valence-electron chi connectivity index (χ3n) is 3.71. The van der Waals surface area contributed by atoms with Crippen molar-refractivity contribution in [3.8, 4) is 0 Å². The van der Waals surface area contributed by atoms with Gasteiger partial charge in [0.2, 0.25) is 0 Å². The molecular formula is C16H19N3. The standard InChI is InChI=1S/C16H19N3/c1-19(13-7-3-2-4-8-13)16-14(9-5-12-18-16)15-10-6-11-17-15/h2-5,7-9,12,15,17H,6,10-11H2,1H3/t15-/m1/s1. The molecule has 19 heavy (non-hydrogen) atoms. The Morgan fingerprint density at radius 1 is 1.16 bits per heavy atom. The Bertz CT molecular complexity index is 533. The number of nitrogens with one attached hydrogen (secondary N) is 1. The average Bonchev–Trinajstić information content (AvgIpc) is 3.01. The Hall–Kier alpha value is -1.87. The van der Waals surface area contributed by atoms with Crippen LogP contribution in [0.1, 0.15) is 24.4 Å². The van der Waals surface area contributed by atoms with Gasteiger partial charge in [-0.3, -0.25) is 0 Å². The van der Waals surface area contributed by atoms with E-state index < -0.39 is 0 Å². The second kappa shape index (κ2) is 5.41. The number of benzene rings is 1. The lowest BCUT2D eigenvalue weighted by Gasteiger charge is -2.23. The number of nitrogens with zero attached hydrogens (tertiary/aromatic N) is 2. The van der Waals surface area contributed by atoms with Crippen LogP contribution in [0.3, 0.4) is 0 Å². The molecular weight excluding hydrogens is 234 g/mol. The van der Waals surface area contributed by atoms with Crippen LogP contribution in [-0.2, 0) is 0 Å². The zero-order valence-electron chi connectivity index (χ0n) is 11.2. The first-order chi connectivity index (χ1) is 9.36. The van der Waals surface area contributed by atoms with Crippen molar-refractivity contribution in [1.82, 2.24) is 10.3 Å². The molecule has 2 aromatic rings. The first kappa shape index (κ1) is 12.2. The van der Waals surface area contributed by atoms with Gasteiger partial charge in [0.1, 0.15) is 5.82 Å². The van der Waals surface area contributed by atoms with E-state index in [1.807, 2.05) is 18.3 Å². The number of hydrogen-bond acceptors (Lipinski definition) is 3. The summed E-state index contributed by atoms with van der Waals surface area (Å²) in [4.78, 5) is 6.75. The fourth-order valence-corrected chi connectivity index (χ4v) is 2.69. The van der Waals surface area contributed by atoms with Crippen molar-refractivity contribution in [1.29, 1.82) is 0 Å². The molecule has 1 aliphatic heterocycles. The summed E-state index contributed by atoms with van der Waals surface area (Å²) < 4.78 is 0. The van der Waals surface area contributed by atoms with Crippen LogP contribution in [0, 0.1) is 0 Å². The summed E-state index contributed by atoms with van der Waals surface area (Å²) in [5, 5.41) is 3.55. The first-order valence-electron chi connectivity index (χ1n) is 6.83. The number of anilines is 2. The van der Waals surface area contributed by atoms with E-state index >= 15 is 0 Å². The van der Waals surface area contributed by atoms with Gasteiger partial charge in [0.25, 0.3) is 0 Å². The van der Waals surface area contributed by atoms with Crippen molar-refractivity contribution in [3.05, 3.63) is 54.2 Å². The highest BCUT2D eigenvalue weighted by atomic mass is 15.2. The van der Waals surface area contributed by atoms with Crippen LogP contribution in [-0.4, -0.2) is 18.6 Å². The minimum atomic E-state index is 0.440. The minimum Gasteiger partial charge on any atom is -0.329 e. The molecule has 1 saturated heterocycles. The van der Waals surface area contributed by atoms with E-state index in [0.717, 1.165) is 12.4 Å². The van der Waals surface area contributed by atoms with Crippen molar-refractivity contribution >= 4 is 11.5 Å². The smallest absolute Gasteiger partial charge is 0.137 e. The highest BCUT2D eigenvalue weighted by molar-refractivity contribution is 5.62. The Balaban J connectivity index is 1.96.